The third-order valence-electron chi connectivity index (χ3n) is 12.5. The number of fused-ring (bicyclic) bond motifs is 7. The Morgan fingerprint density at radius 2 is 0.921 bits per heavy atom. The monoisotopic (exact) mass is 817 g/mol. The zero-order valence-corrected chi connectivity index (χ0v) is 33.6. The van der Waals surface area contributed by atoms with E-state index in [-0.39, 0.29) is 0 Å². The topological polar surface area (TPSA) is 30.7 Å². The number of halogens is 3. The number of benzene rings is 9. The summed E-state index contributed by atoms with van der Waals surface area (Å²) in [5, 5.41) is 11.3. The van der Waals surface area contributed by atoms with E-state index in [1.54, 1.807) is 18.5 Å². The lowest BCUT2D eigenvalue weighted by atomic mass is 9.84. The minimum Gasteiger partial charge on any atom is -0.308 e. The number of hydrogen-bond donors (Lipinski definition) is 0. The van der Waals surface area contributed by atoms with Gasteiger partial charge in [0.15, 0.2) is 0 Å². The summed E-state index contributed by atoms with van der Waals surface area (Å²) in [6.07, 6.45) is 2.74. The van der Waals surface area contributed by atoms with Crippen molar-refractivity contribution in [2.45, 2.75) is 6.18 Å². The second-order valence-corrected chi connectivity index (χ2v) is 16.2. The second-order valence-electron chi connectivity index (χ2n) is 16.2. The van der Waals surface area contributed by atoms with Crippen molar-refractivity contribution in [1.29, 1.82) is 0 Å². The Kier molecular flexibility index (Phi) is 8.31. The third kappa shape index (κ3) is 6.13. The molecule has 0 spiro atoms. The largest absolute Gasteiger partial charge is 0.416 e. The van der Waals surface area contributed by atoms with Crippen LogP contribution >= 0.6 is 0 Å². The summed E-state index contributed by atoms with van der Waals surface area (Å²) in [6.45, 7) is 0. The van der Waals surface area contributed by atoms with Crippen LogP contribution in [0.3, 0.4) is 0 Å². The van der Waals surface area contributed by atoms with Gasteiger partial charge in [0, 0.05) is 46.2 Å². The van der Waals surface area contributed by atoms with Crippen LogP contribution in [0.2, 0.25) is 0 Å². The average molecular weight is 818 g/mol. The van der Waals surface area contributed by atoms with Gasteiger partial charge in [-0.05, 0) is 137 Å². The van der Waals surface area contributed by atoms with Crippen LogP contribution in [0.15, 0.2) is 207 Å². The van der Waals surface area contributed by atoms with E-state index in [2.05, 4.69) is 145 Å². The van der Waals surface area contributed by atoms with Gasteiger partial charge >= 0.3 is 6.18 Å². The molecule has 0 atom stereocenters. The Bertz CT molecular complexity index is 3810. The van der Waals surface area contributed by atoms with Crippen LogP contribution in [0.1, 0.15) is 5.56 Å². The number of nitrogens with zero attached hydrogens (tertiary/aromatic N) is 3. The molecule has 0 N–H and O–H groups in total. The first kappa shape index (κ1) is 36.7. The van der Waals surface area contributed by atoms with E-state index in [4.69, 9.17) is 4.98 Å². The Labute approximate surface area is 360 Å². The Balaban J connectivity index is 1.04. The number of hydrogen-bond acceptors (Lipinski definition) is 2. The molecule has 0 fully saturated rings. The molecule has 0 saturated heterocycles. The molecule has 6 heteroatoms. The third-order valence-corrected chi connectivity index (χ3v) is 12.5. The predicted molar refractivity (Wildman–Crippen MR) is 253 cm³/mol. The summed E-state index contributed by atoms with van der Waals surface area (Å²) < 4.78 is 43.3. The van der Waals surface area contributed by atoms with Crippen LogP contribution in [0.5, 0.6) is 0 Å². The lowest BCUT2D eigenvalue weighted by Crippen LogP contribution is -2.06. The molecular formula is C57H34F3N3. The van der Waals surface area contributed by atoms with Crippen molar-refractivity contribution in [1.82, 2.24) is 14.5 Å². The first-order valence-corrected chi connectivity index (χ1v) is 20.8. The Morgan fingerprint density at radius 3 is 1.59 bits per heavy atom. The van der Waals surface area contributed by atoms with Crippen molar-refractivity contribution < 1.29 is 13.2 Å². The van der Waals surface area contributed by atoms with Crippen LogP contribution in [-0.4, -0.2) is 14.5 Å². The normalized spacial score (nSPS) is 12.0. The Hall–Kier alpha value is -8.09. The highest BCUT2D eigenvalue weighted by atomic mass is 19.4. The predicted octanol–water partition coefficient (Wildman–Crippen LogP) is 15.9. The van der Waals surface area contributed by atoms with E-state index >= 15 is 0 Å². The highest BCUT2D eigenvalue weighted by Gasteiger charge is 2.31. The van der Waals surface area contributed by atoms with E-state index in [0.717, 1.165) is 72.0 Å². The highest BCUT2D eigenvalue weighted by Crippen LogP contribution is 2.46. The van der Waals surface area contributed by atoms with Crippen molar-refractivity contribution in [2.24, 2.45) is 0 Å². The molecule has 0 amide bonds. The van der Waals surface area contributed by atoms with E-state index in [1.165, 1.54) is 55.6 Å². The maximum atomic E-state index is 13.8. The van der Waals surface area contributed by atoms with Crippen LogP contribution in [0.25, 0.3) is 115 Å². The van der Waals surface area contributed by atoms with E-state index in [1.807, 2.05) is 35.2 Å². The summed E-state index contributed by atoms with van der Waals surface area (Å²) in [6, 6.07) is 61.6. The molecule has 0 radical (unpaired) electrons. The molecule has 0 aliphatic carbocycles. The van der Waals surface area contributed by atoms with Crippen molar-refractivity contribution in [3.8, 4) is 50.2 Å². The molecular weight excluding hydrogens is 784 g/mol. The number of alkyl halides is 3. The summed E-state index contributed by atoms with van der Waals surface area (Å²) in [7, 11) is 0. The fraction of sp³-hybridized carbons (Fsp3) is 0.0175. The van der Waals surface area contributed by atoms with Gasteiger partial charge in [-0.2, -0.15) is 13.2 Å². The molecule has 0 bridgehead atoms. The van der Waals surface area contributed by atoms with E-state index in [0.29, 0.717) is 5.69 Å². The Morgan fingerprint density at radius 1 is 0.349 bits per heavy atom. The minimum atomic E-state index is -4.46. The number of pyridine rings is 2. The second kappa shape index (κ2) is 14.3. The lowest BCUT2D eigenvalue weighted by molar-refractivity contribution is -0.137. The molecule has 3 aromatic heterocycles. The van der Waals surface area contributed by atoms with Crippen molar-refractivity contribution in [3.05, 3.63) is 212 Å². The molecule has 63 heavy (non-hydrogen) atoms. The molecule has 298 valence electrons. The van der Waals surface area contributed by atoms with Gasteiger partial charge in [0.25, 0.3) is 0 Å². The van der Waals surface area contributed by atoms with Crippen LogP contribution in [-0.2, 0) is 6.18 Å². The van der Waals surface area contributed by atoms with Crippen LogP contribution in [0.4, 0.5) is 13.2 Å². The molecule has 0 aliphatic rings. The van der Waals surface area contributed by atoms with Crippen molar-refractivity contribution in [2.75, 3.05) is 0 Å². The van der Waals surface area contributed by atoms with Crippen LogP contribution < -0.4 is 0 Å². The first-order valence-electron chi connectivity index (χ1n) is 20.8. The number of rotatable bonds is 5. The summed E-state index contributed by atoms with van der Waals surface area (Å²) >= 11 is 0. The highest BCUT2D eigenvalue weighted by molar-refractivity contribution is 6.22. The van der Waals surface area contributed by atoms with Gasteiger partial charge in [-0.3, -0.25) is 9.97 Å². The zero-order chi connectivity index (χ0) is 42.2. The standard InChI is InChI=1S/C57H34F3N3/c58-57(59,60)45-12-7-13-46(31-45)63-53-23-21-40(29-51(53)47-24-25-61-34-54(47)63)44-28-43(32-62-33-44)39-20-22-50-52(30-39)56(42-19-17-36-9-2-4-11-38(36)27-42)49-15-6-5-14-48(49)55(50)41-18-16-35-8-1-3-10-37(35)26-41/h1-34H. The molecule has 0 unspecified atom stereocenters. The first-order chi connectivity index (χ1) is 30.9. The molecule has 9 aromatic carbocycles. The quantitative estimate of drug-likeness (QED) is 0.162. The average Bonchev–Trinajstić information content (AvgIpc) is 3.66. The SMILES string of the molecule is FC(F)(F)c1cccc(-n2c3ccc(-c4cncc(-c5ccc6c(-c7ccc8ccccc8c7)c7ccccc7c(-c7ccc8ccccc8c7)c6c5)c4)cc3c3ccncc32)c1. The van der Waals surface area contributed by atoms with Gasteiger partial charge in [0.1, 0.15) is 0 Å². The van der Waals surface area contributed by atoms with Gasteiger partial charge in [-0.1, -0.05) is 121 Å². The molecule has 0 saturated carbocycles. The van der Waals surface area contributed by atoms with E-state index < -0.39 is 11.7 Å². The smallest absolute Gasteiger partial charge is 0.308 e. The van der Waals surface area contributed by atoms with Gasteiger partial charge in [0.05, 0.1) is 22.8 Å². The summed E-state index contributed by atoms with van der Waals surface area (Å²) in [4.78, 5) is 9.13. The van der Waals surface area contributed by atoms with Gasteiger partial charge in [-0.15, -0.1) is 0 Å². The minimum absolute atomic E-state index is 0.421. The van der Waals surface area contributed by atoms with Gasteiger partial charge in [0.2, 0.25) is 0 Å². The van der Waals surface area contributed by atoms with E-state index in [9.17, 15) is 13.2 Å². The van der Waals surface area contributed by atoms with Crippen molar-refractivity contribution in [3.63, 3.8) is 0 Å². The maximum absolute atomic E-state index is 13.8. The number of aromatic nitrogens is 3. The fourth-order valence-electron chi connectivity index (χ4n) is 9.57. The molecule has 3 heterocycles. The summed E-state index contributed by atoms with van der Waals surface area (Å²) in [5.41, 5.74) is 9.80. The zero-order valence-electron chi connectivity index (χ0n) is 33.6. The summed E-state index contributed by atoms with van der Waals surface area (Å²) in [5.74, 6) is 0. The van der Waals surface area contributed by atoms with Gasteiger partial charge < -0.3 is 4.57 Å². The molecule has 12 aromatic rings. The molecule has 12 rings (SSSR count). The molecule has 0 aliphatic heterocycles. The molecule has 3 nitrogen and oxygen atoms in total. The van der Waals surface area contributed by atoms with Gasteiger partial charge in [-0.25, -0.2) is 0 Å². The van der Waals surface area contributed by atoms with Crippen molar-refractivity contribution >= 4 is 64.9 Å². The fourth-order valence-corrected chi connectivity index (χ4v) is 9.57. The maximum Gasteiger partial charge on any atom is 0.416 e. The van der Waals surface area contributed by atoms with Crippen LogP contribution in [0, 0.1) is 0 Å². The lowest BCUT2D eigenvalue weighted by Gasteiger charge is -2.19.